The Bertz CT molecular complexity index is 1170. The van der Waals surface area contributed by atoms with Gasteiger partial charge >= 0.3 is 11.7 Å². The predicted octanol–water partition coefficient (Wildman–Crippen LogP) is 4.42. The van der Waals surface area contributed by atoms with Crippen LogP contribution in [-0.2, 0) is 20.8 Å². The first-order chi connectivity index (χ1) is 15.2. The molecule has 0 saturated heterocycles. The van der Waals surface area contributed by atoms with Gasteiger partial charge in [-0.15, -0.1) is 0 Å². The van der Waals surface area contributed by atoms with Gasteiger partial charge in [0.2, 0.25) is 0 Å². The van der Waals surface area contributed by atoms with Crippen LogP contribution in [0.4, 0.5) is 37.8 Å². The lowest BCUT2D eigenvalue weighted by molar-refractivity contribution is -0.137. The number of amides is 1. The van der Waals surface area contributed by atoms with Crippen molar-refractivity contribution in [3.8, 4) is 0 Å². The first-order valence-corrected chi connectivity index (χ1v) is 10.9. The highest BCUT2D eigenvalue weighted by molar-refractivity contribution is 7.92. The zero-order valence-electron chi connectivity index (χ0n) is 16.9. The van der Waals surface area contributed by atoms with Gasteiger partial charge in [-0.2, -0.15) is 26.3 Å². The van der Waals surface area contributed by atoms with Crippen molar-refractivity contribution in [2.45, 2.75) is 23.5 Å². The second-order valence-corrected chi connectivity index (χ2v) is 9.21. The first kappa shape index (κ1) is 24.6. The maximum Gasteiger partial charge on any atom is 0.501 e. The summed E-state index contributed by atoms with van der Waals surface area (Å²) in [5.74, 6) is -1.36. The molecule has 1 N–H and O–H groups in total. The summed E-state index contributed by atoms with van der Waals surface area (Å²) in [7, 11) is -5.51. The van der Waals surface area contributed by atoms with Gasteiger partial charge in [0.15, 0.2) is 0 Å². The third kappa shape index (κ3) is 5.13. The van der Waals surface area contributed by atoms with Gasteiger partial charge in [0.1, 0.15) is 5.82 Å². The molecule has 33 heavy (non-hydrogen) atoms. The minimum atomic E-state index is -5.51. The fourth-order valence-corrected chi connectivity index (χ4v) is 4.09. The van der Waals surface area contributed by atoms with Crippen molar-refractivity contribution in [3.63, 3.8) is 0 Å². The molecule has 0 saturated carbocycles. The summed E-state index contributed by atoms with van der Waals surface area (Å²) >= 11 is 0. The molecule has 1 atom stereocenters. The third-order valence-electron chi connectivity index (χ3n) is 4.94. The topological polar surface area (TPSA) is 79.4 Å². The minimum Gasteiger partial charge on any atom is -0.352 e. The van der Waals surface area contributed by atoms with Gasteiger partial charge in [-0.25, -0.2) is 13.4 Å². The predicted molar refractivity (Wildman–Crippen MR) is 107 cm³/mol. The highest BCUT2D eigenvalue weighted by Gasteiger charge is 2.46. The Morgan fingerprint density at radius 3 is 2.27 bits per heavy atom. The lowest BCUT2D eigenvalue weighted by atomic mass is 9.95. The largest absolute Gasteiger partial charge is 0.501 e. The second kappa shape index (κ2) is 8.69. The number of rotatable bonds is 4. The van der Waals surface area contributed by atoms with Crippen molar-refractivity contribution >= 4 is 27.2 Å². The quantitative estimate of drug-likeness (QED) is 0.639. The van der Waals surface area contributed by atoms with Gasteiger partial charge in [0.05, 0.1) is 10.5 Å². The first-order valence-electron chi connectivity index (χ1n) is 9.42. The third-order valence-corrected chi connectivity index (χ3v) is 6.44. The number of alkyl halides is 6. The number of hydrogen-bond donors (Lipinski definition) is 1. The maximum atomic E-state index is 13.3. The highest BCUT2D eigenvalue weighted by atomic mass is 32.2. The monoisotopic (exact) mass is 493 g/mol. The van der Waals surface area contributed by atoms with Crippen LogP contribution in [0.15, 0.2) is 59.1 Å². The molecule has 2 aromatic rings. The SMILES string of the molecule is C[C@@H]1CN(c2ncccc2C(F)(F)F)CC=C1C(=O)Nc1ccc(S(=O)(=O)C(F)(F)F)cc1. The summed E-state index contributed by atoms with van der Waals surface area (Å²) in [6.07, 6.45) is -1.91. The van der Waals surface area contributed by atoms with Crippen molar-refractivity contribution in [3.05, 3.63) is 59.8 Å². The standard InChI is InChI=1S/C20H17F6N3O3S/c1-12-11-29(17-16(19(21,22)23)3-2-9-27-17)10-8-15(12)18(30)28-13-4-6-14(7-5-13)33(31,32)20(24,25)26/h2-9,12H,10-11H2,1H3,(H,28,30)/t12-/m1/s1. The van der Waals surface area contributed by atoms with Gasteiger partial charge < -0.3 is 10.2 Å². The van der Waals surface area contributed by atoms with E-state index in [0.717, 1.165) is 30.3 Å². The van der Waals surface area contributed by atoms with E-state index in [1.165, 1.54) is 23.2 Å². The molecule has 0 unspecified atom stereocenters. The number of nitrogens with zero attached hydrogens (tertiary/aromatic N) is 2. The summed E-state index contributed by atoms with van der Waals surface area (Å²) < 4.78 is 100. The number of carbonyl (C=O) groups is 1. The number of benzene rings is 1. The summed E-state index contributed by atoms with van der Waals surface area (Å²) in [6, 6.07) is 5.57. The fourth-order valence-electron chi connectivity index (χ4n) is 3.33. The van der Waals surface area contributed by atoms with E-state index in [1.54, 1.807) is 6.92 Å². The van der Waals surface area contributed by atoms with E-state index in [0.29, 0.717) is 0 Å². The summed E-state index contributed by atoms with van der Waals surface area (Å²) in [5.41, 5.74) is -6.03. The molecule has 0 radical (unpaired) electrons. The van der Waals surface area contributed by atoms with Gasteiger partial charge in [-0.1, -0.05) is 13.0 Å². The lowest BCUT2D eigenvalue weighted by Gasteiger charge is -2.32. The summed E-state index contributed by atoms with van der Waals surface area (Å²) in [6.45, 7) is 1.69. The molecule has 1 aromatic heterocycles. The molecule has 0 aliphatic carbocycles. The van der Waals surface area contributed by atoms with Crippen LogP contribution in [0.3, 0.4) is 0 Å². The fraction of sp³-hybridized carbons (Fsp3) is 0.300. The van der Waals surface area contributed by atoms with Crippen molar-refractivity contribution in [2.24, 2.45) is 5.92 Å². The van der Waals surface area contributed by atoms with Crippen LogP contribution < -0.4 is 10.2 Å². The summed E-state index contributed by atoms with van der Waals surface area (Å²) in [5, 5.41) is 2.45. The smallest absolute Gasteiger partial charge is 0.352 e. The number of anilines is 2. The maximum absolute atomic E-state index is 13.3. The molecule has 178 valence electrons. The van der Waals surface area contributed by atoms with Crippen LogP contribution in [0.25, 0.3) is 0 Å². The Morgan fingerprint density at radius 1 is 1.09 bits per heavy atom. The van der Waals surface area contributed by atoms with Crippen LogP contribution in [0.1, 0.15) is 12.5 Å². The number of nitrogens with one attached hydrogen (secondary N) is 1. The molecule has 1 aliphatic rings. The number of halogens is 6. The highest BCUT2D eigenvalue weighted by Crippen LogP contribution is 2.36. The second-order valence-electron chi connectivity index (χ2n) is 7.27. The van der Waals surface area contributed by atoms with Gasteiger partial charge in [0.25, 0.3) is 15.7 Å². The van der Waals surface area contributed by atoms with E-state index < -0.39 is 43.8 Å². The molecule has 1 aliphatic heterocycles. The average molecular weight is 493 g/mol. The van der Waals surface area contributed by atoms with Crippen LogP contribution in [0, 0.1) is 5.92 Å². The Balaban J connectivity index is 1.75. The van der Waals surface area contributed by atoms with E-state index in [2.05, 4.69) is 10.3 Å². The molecule has 3 rings (SSSR count). The number of hydrogen-bond acceptors (Lipinski definition) is 5. The Morgan fingerprint density at radius 2 is 1.73 bits per heavy atom. The number of pyridine rings is 1. The molecule has 0 bridgehead atoms. The summed E-state index contributed by atoms with van der Waals surface area (Å²) in [4.78, 5) is 16.9. The zero-order chi connectivity index (χ0) is 24.6. The van der Waals surface area contributed by atoms with Crippen molar-refractivity contribution in [1.82, 2.24) is 4.98 Å². The Labute approximate surface area is 184 Å². The van der Waals surface area contributed by atoms with Crippen LogP contribution in [0.2, 0.25) is 0 Å². The molecular weight excluding hydrogens is 476 g/mol. The number of aromatic nitrogens is 1. The van der Waals surface area contributed by atoms with Crippen molar-refractivity contribution in [2.75, 3.05) is 23.3 Å². The molecule has 2 heterocycles. The molecule has 1 amide bonds. The molecule has 0 fully saturated rings. The van der Waals surface area contributed by atoms with Gasteiger partial charge in [-0.3, -0.25) is 4.79 Å². The van der Waals surface area contributed by atoms with Crippen LogP contribution >= 0.6 is 0 Å². The van der Waals surface area contributed by atoms with Crippen LogP contribution in [-0.4, -0.2) is 37.9 Å². The van der Waals surface area contributed by atoms with Crippen molar-refractivity contribution < 1.29 is 39.6 Å². The molecular formula is C20H17F6N3O3S. The normalized spacial score (nSPS) is 17.5. The lowest BCUT2D eigenvalue weighted by Crippen LogP contribution is -2.38. The van der Waals surface area contributed by atoms with E-state index in [1.807, 2.05) is 0 Å². The zero-order valence-corrected chi connectivity index (χ0v) is 17.7. The number of carbonyl (C=O) groups excluding carboxylic acids is 1. The van der Waals surface area contributed by atoms with E-state index in [4.69, 9.17) is 0 Å². The van der Waals surface area contributed by atoms with E-state index in [9.17, 15) is 39.6 Å². The Hall–Kier alpha value is -3.09. The van der Waals surface area contributed by atoms with E-state index in [-0.39, 0.29) is 30.2 Å². The van der Waals surface area contributed by atoms with Gasteiger partial charge in [-0.05, 0) is 36.4 Å². The van der Waals surface area contributed by atoms with E-state index >= 15 is 0 Å². The molecule has 1 aromatic carbocycles. The molecule has 0 spiro atoms. The minimum absolute atomic E-state index is 0.0179. The average Bonchev–Trinajstić information content (AvgIpc) is 2.72. The molecule has 6 nitrogen and oxygen atoms in total. The Kier molecular flexibility index (Phi) is 6.46. The van der Waals surface area contributed by atoms with Crippen molar-refractivity contribution in [1.29, 1.82) is 0 Å². The number of sulfone groups is 1. The van der Waals surface area contributed by atoms with Crippen LogP contribution in [0.5, 0.6) is 0 Å². The molecule has 13 heteroatoms. The van der Waals surface area contributed by atoms with Gasteiger partial charge in [0, 0.05) is 36.5 Å².